The van der Waals surface area contributed by atoms with E-state index < -0.39 is 23.8 Å². The smallest absolute Gasteiger partial charge is 0.305 e. The number of carbonyl (C=O) groups excluding carboxylic acids is 1. The highest BCUT2D eigenvalue weighted by Gasteiger charge is 2.14. The van der Waals surface area contributed by atoms with Crippen LogP contribution in [0.5, 0.6) is 0 Å². The zero-order chi connectivity index (χ0) is 20.9. The molecule has 0 bridgehead atoms. The van der Waals surface area contributed by atoms with Crippen molar-refractivity contribution in [3.63, 3.8) is 0 Å². The van der Waals surface area contributed by atoms with Crippen molar-refractivity contribution in [2.75, 3.05) is 13.2 Å². The van der Waals surface area contributed by atoms with Crippen molar-refractivity contribution in [3.8, 4) is 0 Å². The molecule has 1 N–H and O–H groups in total. The summed E-state index contributed by atoms with van der Waals surface area (Å²) in [4.78, 5) is 25.9. The molecule has 0 aliphatic rings. The molecule has 0 aliphatic heterocycles. The summed E-state index contributed by atoms with van der Waals surface area (Å²) >= 11 is 0. The van der Waals surface area contributed by atoms with Crippen molar-refractivity contribution < 1.29 is 24.6 Å². The molecule has 0 saturated heterocycles. The van der Waals surface area contributed by atoms with Crippen LogP contribution in [0.15, 0.2) is 0 Å². The maximum atomic E-state index is 11.6. The Balaban J connectivity index is 3.30. The number of hydrogen-bond acceptors (Lipinski definition) is 6. The van der Waals surface area contributed by atoms with Crippen LogP contribution in [0, 0.1) is 10.1 Å². The predicted molar refractivity (Wildman–Crippen MR) is 109 cm³/mol. The Morgan fingerprint density at radius 3 is 1.68 bits per heavy atom. The van der Waals surface area contributed by atoms with Gasteiger partial charge in [-0.15, -0.1) is 10.1 Å². The van der Waals surface area contributed by atoms with Crippen molar-refractivity contribution in [1.82, 2.24) is 0 Å². The molecule has 1 atom stereocenters. The minimum atomic E-state index is -1.11. The first-order chi connectivity index (χ1) is 13.6. The SMILES string of the molecule is CCCCCCCCCCCCCCCCCC(=O)OCC(CO)O[N+](=O)[O-]. The van der Waals surface area contributed by atoms with Crippen LogP contribution < -0.4 is 0 Å². The minimum absolute atomic E-state index is 0.297. The van der Waals surface area contributed by atoms with E-state index in [4.69, 9.17) is 9.84 Å². The molecule has 7 heteroatoms. The van der Waals surface area contributed by atoms with Crippen LogP contribution in [-0.4, -0.2) is 35.5 Å². The number of esters is 1. The van der Waals surface area contributed by atoms with E-state index >= 15 is 0 Å². The summed E-state index contributed by atoms with van der Waals surface area (Å²) < 4.78 is 4.89. The van der Waals surface area contributed by atoms with Gasteiger partial charge in [-0.05, 0) is 6.42 Å². The molecule has 0 aromatic carbocycles. The van der Waals surface area contributed by atoms with Gasteiger partial charge in [-0.2, -0.15) is 0 Å². The van der Waals surface area contributed by atoms with E-state index in [1.54, 1.807) is 0 Å². The molecular formula is C21H41NO6. The van der Waals surface area contributed by atoms with Crippen LogP contribution in [0.2, 0.25) is 0 Å². The van der Waals surface area contributed by atoms with E-state index in [-0.39, 0.29) is 6.61 Å². The molecule has 0 aromatic rings. The Bertz CT molecular complexity index is 378. The molecule has 28 heavy (non-hydrogen) atoms. The van der Waals surface area contributed by atoms with E-state index in [2.05, 4.69) is 11.8 Å². The number of aliphatic hydroxyl groups excluding tert-OH is 1. The zero-order valence-electron chi connectivity index (χ0n) is 17.7. The Kier molecular flexibility index (Phi) is 19.4. The molecule has 0 saturated carbocycles. The van der Waals surface area contributed by atoms with Gasteiger partial charge in [0.25, 0.3) is 5.09 Å². The Hall–Kier alpha value is -1.37. The van der Waals surface area contributed by atoms with Crippen molar-refractivity contribution in [1.29, 1.82) is 0 Å². The van der Waals surface area contributed by atoms with E-state index in [0.717, 1.165) is 19.3 Å². The van der Waals surface area contributed by atoms with Gasteiger partial charge in [0.15, 0.2) is 6.10 Å². The first-order valence-corrected chi connectivity index (χ1v) is 11.2. The molecule has 0 spiro atoms. The van der Waals surface area contributed by atoms with E-state index in [1.807, 2.05) is 0 Å². The summed E-state index contributed by atoms with van der Waals surface area (Å²) in [5.41, 5.74) is 0. The lowest BCUT2D eigenvalue weighted by molar-refractivity contribution is -0.769. The highest BCUT2D eigenvalue weighted by Crippen LogP contribution is 2.13. The van der Waals surface area contributed by atoms with Crippen molar-refractivity contribution >= 4 is 5.97 Å². The molecule has 0 amide bonds. The summed E-state index contributed by atoms with van der Waals surface area (Å²) in [5.74, 6) is -0.403. The van der Waals surface area contributed by atoms with E-state index in [1.165, 1.54) is 77.0 Å². The van der Waals surface area contributed by atoms with Gasteiger partial charge in [0.1, 0.15) is 6.61 Å². The fourth-order valence-electron chi connectivity index (χ4n) is 3.14. The second kappa shape index (κ2) is 20.4. The van der Waals surface area contributed by atoms with Gasteiger partial charge in [0, 0.05) is 6.42 Å². The third kappa shape index (κ3) is 19.4. The lowest BCUT2D eigenvalue weighted by Crippen LogP contribution is -2.28. The summed E-state index contributed by atoms with van der Waals surface area (Å²) in [6.07, 6.45) is 18.2. The minimum Gasteiger partial charge on any atom is -0.463 e. The molecule has 0 rings (SSSR count). The van der Waals surface area contributed by atoms with Crippen LogP contribution in [0.1, 0.15) is 110 Å². The number of aliphatic hydroxyl groups is 1. The second-order valence-electron chi connectivity index (χ2n) is 7.52. The molecule has 1 unspecified atom stereocenters. The summed E-state index contributed by atoms with van der Waals surface area (Å²) in [6, 6.07) is 0. The Morgan fingerprint density at radius 2 is 1.29 bits per heavy atom. The summed E-state index contributed by atoms with van der Waals surface area (Å²) in [7, 11) is 0. The fourth-order valence-corrected chi connectivity index (χ4v) is 3.14. The lowest BCUT2D eigenvalue weighted by atomic mass is 10.0. The van der Waals surface area contributed by atoms with Crippen LogP contribution in [0.4, 0.5) is 0 Å². The van der Waals surface area contributed by atoms with Crippen molar-refractivity contribution in [3.05, 3.63) is 10.1 Å². The largest absolute Gasteiger partial charge is 0.463 e. The highest BCUT2D eigenvalue weighted by molar-refractivity contribution is 5.69. The average molecular weight is 404 g/mol. The number of carbonyl (C=O) groups is 1. The van der Waals surface area contributed by atoms with Gasteiger partial charge < -0.3 is 14.7 Å². The predicted octanol–water partition coefficient (Wildman–Crippen LogP) is 5.36. The van der Waals surface area contributed by atoms with Crippen molar-refractivity contribution in [2.45, 2.75) is 116 Å². The Labute approximate surface area is 170 Å². The molecule has 0 aromatic heterocycles. The molecule has 0 aliphatic carbocycles. The Morgan fingerprint density at radius 1 is 0.857 bits per heavy atom. The van der Waals surface area contributed by atoms with Gasteiger partial charge in [-0.25, -0.2) is 0 Å². The number of unbranched alkanes of at least 4 members (excludes halogenated alkanes) is 14. The standard InChI is InChI=1S/C21H41NO6/c1-2-3-4-5-6-7-8-9-10-11-12-13-14-15-16-17-21(24)27-19-20(18-23)28-22(25)26/h20,23H,2-19H2,1H3. The lowest BCUT2D eigenvalue weighted by Gasteiger charge is -2.12. The third-order valence-corrected chi connectivity index (χ3v) is 4.85. The number of ether oxygens (including phenoxy) is 1. The zero-order valence-corrected chi connectivity index (χ0v) is 17.7. The third-order valence-electron chi connectivity index (χ3n) is 4.85. The average Bonchev–Trinajstić information content (AvgIpc) is 2.67. The highest BCUT2D eigenvalue weighted by atomic mass is 17.0. The number of nitrogens with zero attached hydrogens (tertiary/aromatic N) is 1. The number of rotatable bonds is 21. The van der Waals surface area contributed by atoms with Crippen LogP contribution in [0.25, 0.3) is 0 Å². The van der Waals surface area contributed by atoms with Crippen LogP contribution >= 0.6 is 0 Å². The molecule has 166 valence electrons. The summed E-state index contributed by atoms with van der Waals surface area (Å²) in [5, 5.41) is 18.1. The van der Waals surface area contributed by atoms with Gasteiger partial charge in [0.2, 0.25) is 0 Å². The number of hydrogen-bond donors (Lipinski definition) is 1. The monoisotopic (exact) mass is 403 g/mol. The van der Waals surface area contributed by atoms with Crippen LogP contribution in [-0.2, 0) is 14.4 Å². The first-order valence-electron chi connectivity index (χ1n) is 11.2. The summed E-state index contributed by atoms with van der Waals surface area (Å²) in [6.45, 7) is 1.39. The van der Waals surface area contributed by atoms with Crippen LogP contribution in [0.3, 0.4) is 0 Å². The molecular weight excluding hydrogens is 362 g/mol. The second-order valence-corrected chi connectivity index (χ2v) is 7.52. The fraction of sp³-hybridized carbons (Fsp3) is 0.952. The van der Waals surface area contributed by atoms with Gasteiger partial charge in [-0.1, -0.05) is 96.8 Å². The molecule has 0 heterocycles. The van der Waals surface area contributed by atoms with E-state index in [0.29, 0.717) is 6.42 Å². The molecule has 0 fully saturated rings. The molecule has 7 nitrogen and oxygen atoms in total. The first kappa shape index (κ1) is 26.6. The normalized spacial score (nSPS) is 11.9. The van der Waals surface area contributed by atoms with Gasteiger partial charge >= 0.3 is 5.97 Å². The van der Waals surface area contributed by atoms with Gasteiger partial charge in [-0.3, -0.25) is 4.79 Å². The van der Waals surface area contributed by atoms with Gasteiger partial charge in [0.05, 0.1) is 6.61 Å². The topological polar surface area (TPSA) is 98.9 Å². The maximum Gasteiger partial charge on any atom is 0.305 e. The molecule has 0 radical (unpaired) electrons. The van der Waals surface area contributed by atoms with E-state index in [9.17, 15) is 14.9 Å². The van der Waals surface area contributed by atoms with Crippen molar-refractivity contribution in [2.24, 2.45) is 0 Å². The quantitative estimate of drug-likeness (QED) is 0.120. The maximum absolute atomic E-state index is 11.6.